The van der Waals surface area contributed by atoms with E-state index in [0.717, 1.165) is 18.4 Å². The highest BCUT2D eigenvalue weighted by atomic mass is 16.5. The Kier molecular flexibility index (Phi) is 7.82. The third-order valence-electron chi connectivity index (χ3n) is 7.15. The minimum Gasteiger partial charge on any atom is -0.472 e. The van der Waals surface area contributed by atoms with Crippen LogP contribution in [0, 0.1) is 11.8 Å². The van der Waals surface area contributed by atoms with Crippen LogP contribution in [0.4, 0.5) is 0 Å². The van der Waals surface area contributed by atoms with E-state index in [4.69, 9.17) is 4.74 Å². The Hall–Kier alpha value is -3.46. The molecule has 0 unspecified atom stereocenters. The number of hydrogen-bond donors (Lipinski definition) is 1. The number of aromatic nitrogens is 1. The monoisotopic (exact) mass is 508 g/mol. The van der Waals surface area contributed by atoms with E-state index < -0.39 is 6.04 Å². The Morgan fingerprint density at radius 1 is 1.16 bits per heavy atom. The summed E-state index contributed by atoms with van der Waals surface area (Å²) in [5, 5.41) is 9.87. The zero-order valence-corrected chi connectivity index (χ0v) is 22.2. The van der Waals surface area contributed by atoms with Gasteiger partial charge < -0.3 is 24.5 Å². The lowest BCUT2D eigenvalue weighted by Gasteiger charge is -2.37. The van der Waals surface area contributed by atoms with E-state index in [1.807, 2.05) is 26.0 Å². The number of likely N-dealkylation sites (N-methyl/N-ethyl adjacent to an activating group) is 1. The molecule has 2 heterocycles. The molecular formula is C28H36N4O5. The van der Waals surface area contributed by atoms with Crippen LogP contribution in [-0.2, 0) is 4.79 Å². The summed E-state index contributed by atoms with van der Waals surface area (Å²) in [4.78, 5) is 47.9. The number of aliphatic hydroxyl groups excluding tert-OH is 1. The third kappa shape index (κ3) is 5.77. The van der Waals surface area contributed by atoms with Crippen LogP contribution in [0.25, 0.3) is 11.1 Å². The van der Waals surface area contributed by atoms with Crippen LogP contribution >= 0.6 is 0 Å². The van der Waals surface area contributed by atoms with Gasteiger partial charge >= 0.3 is 0 Å². The van der Waals surface area contributed by atoms with Crippen LogP contribution < -0.4 is 4.74 Å². The molecule has 0 radical (unpaired) electrons. The summed E-state index contributed by atoms with van der Waals surface area (Å²) in [6.45, 7) is 4.38. The maximum atomic E-state index is 13.7. The lowest BCUT2D eigenvalue weighted by molar-refractivity contribution is -0.132. The van der Waals surface area contributed by atoms with E-state index in [0.29, 0.717) is 29.8 Å². The number of carbonyl (C=O) groups is 3. The first-order chi connectivity index (χ1) is 17.6. The smallest absolute Gasteiger partial charge is 0.259 e. The Balaban J connectivity index is 1.67. The van der Waals surface area contributed by atoms with E-state index in [2.05, 4.69) is 4.98 Å². The number of carbonyl (C=O) groups excluding carboxylic acids is 3. The number of pyridine rings is 1. The van der Waals surface area contributed by atoms with Gasteiger partial charge in [0, 0.05) is 56.8 Å². The largest absolute Gasteiger partial charge is 0.472 e. The van der Waals surface area contributed by atoms with E-state index in [1.165, 1.54) is 4.90 Å². The van der Waals surface area contributed by atoms with Gasteiger partial charge in [0.2, 0.25) is 11.8 Å². The zero-order valence-electron chi connectivity index (χ0n) is 22.2. The molecule has 198 valence electrons. The summed E-state index contributed by atoms with van der Waals surface area (Å²) in [6, 6.07) is 8.50. The second kappa shape index (κ2) is 10.9. The Morgan fingerprint density at radius 2 is 1.84 bits per heavy atom. The highest BCUT2D eigenvalue weighted by Gasteiger charge is 2.37. The van der Waals surface area contributed by atoms with Crippen molar-refractivity contribution in [3.05, 3.63) is 47.7 Å². The predicted molar refractivity (Wildman–Crippen MR) is 139 cm³/mol. The standard InChI is InChI=1S/C28H36N4O5/c1-17-14-32(18(2)16-33)28(36)23-12-22(19-6-8-20(9-7-19)26(34)30(3)4)13-29-25(23)37-24(17)15-31(5)27(35)21-10-11-21/h6-9,12-13,17-18,21,24,33H,10-11,14-16H2,1-5H3/t17-,18-,24-/m0/s1. The van der Waals surface area contributed by atoms with E-state index in [-0.39, 0.29) is 48.1 Å². The van der Waals surface area contributed by atoms with Gasteiger partial charge in [-0.25, -0.2) is 4.98 Å². The van der Waals surface area contributed by atoms with Crippen LogP contribution in [0.15, 0.2) is 36.5 Å². The Morgan fingerprint density at radius 3 is 2.43 bits per heavy atom. The van der Waals surface area contributed by atoms with Crippen LogP contribution in [0.2, 0.25) is 0 Å². The SMILES string of the molecule is C[C@H]1CN([C@@H](C)CO)C(=O)c2cc(-c3ccc(C(=O)N(C)C)cc3)cnc2O[C@H]1CN(C)C(=O)C1CC1. The van der Waals surface area contributed by atoms with E-state index in [1.54, 1.807) is 55.3 Å². The predicted octanol–water partition coefficient (Wildman–Crippen LogP) is 2.54. The van der Waals surface area contributed by atoms with Crippen molar-refractivity contribution in [1.29, 1.82) is 0 Å². The molecule has 1 aromatic carbocycles. The second-order valence-electron chi connectivity index (χ2n) is 10.5. The number of rotatable bonds is 7. The molecule has 3 amide bonds. The number of aliphatic hydroxyl groups is 1. The molecule has 3 atom stereocenters. The molecule has 9 heteroatoms. The first kappa shape index (κ1) is 26.6. The molecule has 2 aliphatic rings. The molecule has 2 aromatic rings. The number of nitrogens with zero attached hydrogens (tertiary/aromatic N) is 4. The number of ether oxygens (including phenoxy) is 1. The summed E-state index contributed by atoms with van der Waals surface area (Å²) >= 11 is 0. The number of amides is 3. The Bertz CT molecular complexity index is 1160. The van der Waals surface area contributed by atoms with E-state index >= 15 is 0 Å². The molecule has 37 heavy (non-hydrogen) atoms. The van der Waals surface area contributed by atoms with Gasteiger partial charge in [0.25, 0.3) is 11.8 Å². The van der Waals surface area contributed by atoms with Crippen molar-refractivity contribution >= 4 is 17.7 Å². The van der Waals surface area contributed by atoms with Crippen molar-refractivity contribution in [3.8, 4) is 17.0 Å². The fraction of sp³-hybridized carbons (Fsp3) is 0.500. The van der Waals surface area contributed by atoms with Crippen LogP contribution in [0.5, 0.6) is 5.88 Å². The molecule has 0 bridgehead atoms. The summed E-state index contributed by atoms with van der Waals surface area (Å²) < 4.78 is 6.30. The average molecular weight is 509 g/mol. The van der Waals surface area contributed by atoms with Gasteiger partial charge in [-0.1, -0.05) is 19.1 Å². The maximum Gasteiger partial charge on any atom is 0.259 e. The van der Waals surface area contributed by atoms with Gasteiger partial charge in [0.15, 0.2) is 0 Å². The molecule has 1 saturated carbocycles. The number of hydrogen-bond acceptors (Lipinski definition) is 6. The molecule has 0 saturated heterocycles. The number of fused-ring (bicyclic) bond motifs is 1. The van der Waals surface area contributed by atoms with Crippen LogP contribution in [0.3, 0.4) is 0 Å². The van der Waals surface area contributed by atoms with Gasteiger partial charge in [0.1, 0.15) is 11.7 Å². The number of benzene rings is 1. The third-order valence-corrected chi connectivity index (χ3v) is 7.15. The average Bonchev–Trinajstić information content (AvgIpc) is 3.74. The van der Waals surface area contributed by atoms with Gasteiger partial charge in [-0.2, -0.15) is 0 Å². The summed E-state index contributed by atoms with van der Waals surface area (Å²) in [6.07, 6.45) is 3.13. The zero-order chi connectivity index (χ0) is 26.9. The van der Waals surface area contributed by atoms with Gasteiger partial charge in [-0.3, -0.25) is 14.4 Å². The highest BCUT2D eigenvalue weighted by molar-refractivity contribution is 5.98. The quantitative estimate of drug-likeness (QED) is 0.617. The van der Waals surface area contributed by atoms with Gasteiger partial charge in [0.05, 0.1) is 19.2 Å². The molecule has 9 nitrogen and oxygen atoms in total. The fourth-order valence-electron chi connectivity index (χ4n) is 4.54. The summed E-state index contributed by atoms with van der Waals surface area (Å²) in [5.74, 6) is -0.0118. The van der Waals surface area contributed by atoms with Gasteiger partial charge in [-0.05, 0) is 43.5 Å². The first-order valence-electron chi connectivity index (χ1n) is 12.8. The van der Waals surface area contributed by atoms with Crippen molar-refractivity contribution in [2.24, 2.45) is 11.8 Å². The molecule has 1 aliphatic carbocycles. The lowest BCUT2D eigenvalue weighted by Crippen LogP contribution is -2.50. The van der Waals surface area contributed by atoms with Crippen molar-refractivity contribution < 1.29 is 24.2 Å². The van der Waals surface area contributed by atoms with Crippen molar-refractivity contribution in [2.75, 3.05) is 40.8 Å². The molecular weight excluding hydrogens is 472 g/mol. The Labute approximate surface area is 218 Å². The van der Waals surface area contributed by atoms with Gasteiger partial charge in [-0.15, -0.1) is 0 Å². The van der Waals surface area contributed by atoms with Crippen LogP contribution in [0.1, 0.15) is 47.4 Å². The molecule has 1 aromatic heterocycles. The summed E-state index contributed by atoms with van der Waals surface area (Å²) in [5.41, 5.74) is 2.39. The molecule has 1 aliphatic heterocycles. The molecule has 1 N–H and O–H groups in total. The van der Waals surface area contributed by atoms with Crippen molar-refractivity contribution in [1.82, 2.24) is 19.7 Å². The topological polar surface area (TPSA) is 103 Å². The molecule has 1 fully saturated rings. The minimum absolute atomic E-state index is 0.0923. The van der Waals surface area contributed by atoms with Crippen molar-refractivity contribution in [2.45, 2.75) is 38.8 Å². The van der Waals surface area contributed by atoms with E-state index in [9.17, 15) is 19.5 Å². The normalized spacial score (nSPS) is 20.3. The maximum absolute atomic E-state index is 13.7. The molecule has 4 rings (SSSR count). The first-order valence-corrected chi connectivity index (χ1v) is 12.8. The highest BCUT2D eigenvalue weighted by Crippen LogP contribution is 2.33. The second-order valence-corrected chi connectivity index (χ2v) is 10.5. The van der Waals surface area contributed by atoms with Crippen molar-refractivity contribution in [3.63, 3.8) is 0 Å². The molecule has 0 spiro atoms. The summed E-state index contributed by atoms with van der Waals surface area (Å²) in [7, 11) is 5.19. The fourth-order valence-corrected chi connectivity index (χ4v) is 4.54. The lowest BCUT2D eigenvalue weighted by atomic mass is 9.98. The van der Waals surface area contributed by atoms with Crippen LogP contribution in [-0.4, -0.2) is 95.5 Å². The minimum atomic E-state index is -0.396.